The fraction of sp³-hybridized carbons (Fsp3) is 0.650. The average molecular weight is 399 g/mol. The maximum absolute atomic E-state index is 14.7. The Hall–Kier alpha value is -2.12. The van der Waals surface area contributed by atoms with Gasteiger partial charge < -0.3 is 20.3 Å². The molecule has 2 aliphatic heterocycles. The van der Waals surface area contributed by atoms with Crippen molar-refractivity contribution in [2.75, 3.05) is 36.8 Å². The van der Waals surface area contributed by atoms with Crippen LogP contribution in [-0.2, 0) is 4.74 Å². The maximum Gasteiger partial charge on any atom is 0.410 e. The second-order valence-electron chi connectivity index (χ2n) is 8.71. The number of likely N-dealkylation sites (tertiary alicyclic amines) is 1. The monoisotopic (exact) mass is 399 g/mol. The van der Waals surface area contributed by atoms with Crippen LogP contribution < -0.4 is 10.6 Å². The van der Waals surface area contributed by atoms with Crippen LogP contribution in [0.1, 0.15) is 51.5 Å². The van der Waals surface area contributed by atoms with Crippen LogP contribution in [0.15, 0.2) is 12.1 Å². The largest absolute Gasteiger partial charge is 0.444 e. The smallest absolute Gasteiger partial charge is 0.410 e. The van der Waals surface area contributed by atoms with Crippen molar-refractivity contribution in [3.8, 4) is 0 Å². The molecule has 156 valence electrons. The lowest BCUT2D eigenvalue weighted by Crippen LogP contribution is -2.41. The first-order valence-corrected chi connectivity index (χ1v) is 9.65. The van der Waals surface area contributed by atoms with Gasteiger partial charge in [-0.15, -0.1) is 0 Å². The highest BCUT2D eigenvalue weighted by molar-refractivity contribution is 5.70. The van der Waals surface area contributed by atoms with Gasteiger partial charge >= 0.3 is 6.09 Å². The van der Waals surface area contributed by atoms with Gasteiger partial charge in [-0.1, -0.05) is 0 Å². The minimum absolute atomic E-state index is 0.0598. The van der Waals surface area contributed by atoms with E-state index in [0.717, 1.165) is 5.56 Å². The van der Waals surface area contributed by atoms with Gasteiger partial charge in [-0.2, -0.15) is 0 Å². The molecule has 5 nitrogen and oxygen atoms in total. The first-order chi connectivity index (χ1) is 13.0. The van der Waals surface area contributed by atoms with Crippen LogP contribution >= 0.6 is 0 Å². The Bertz CT molecular complexity index is 718. The van der Waals surface area contributed by atoms with Crippen molar-refractivity contribution in [3.05, 3.63) is 23.5 Å². The van der Waals surface area contributed by atoms with Crippen LogP contribution in [0.25, 0.3) is 0 Å². The number of nitrogen functional groups attached to an aromatic ring is 1. The number of amides is 1. The van der Waals surface area contributed by atoms with E-state index in [1.807, 2.05) is 20.8 Å². The molecule has 8 heteroatoms. The van der Waals surface area contributed by atoms with Crippen LogP contribution in [0, 0.1) is 5.82 Å². The van der Waals surface area contributed by atoms with E-state index in [2.05, 4.69) is 0 Å². The lowest BCUT2D eigenvalue weighted by atomic mass is 9.89. The van der Waals surface area contributed by atoms with Crippen LogP contribution in [0.2, 0.25) is 0 Å². The second kappa shape index (κ2) is 7.37. The molecule has 0 radical (unpaired) electrons. The first kappa shape index (κ1) is 20.6. The molecule has 2 heterocycles. The maximum atomic E-state index is 14.7. The summed E-state index contributed by atoms with van der Waals surface area (Å²) in [7, 11) is 0. The summed E-state index contributed by atoms with van der Waals surface area (Å²) in [5.41, 5.74) is 6.47. The molecular weight excluding hydrogens is 371 g/mol. The van der Waals surface area contributed by atoms with Gasteiger partial charge in [-0.3, -0.25) is 0 Å². The number of halogens is 3. The number of anilines is 2. The molecule has 1 amide bonds. The van der Waals surface area contributed by atoms with E-state index < -0.39 is 23.9 Å². The zero-order chi connectivity index (χ0) is 20.7. The van der Waals surface area contributed by atoms with Gasteiger partial charge in [0, 0.05) is 26.1 Å². The Kier molecular flexibility index (Phi) is 5.42. The Balaban J connectivity index is 1.67. The second-order valence-corrected chi connectivity index (χ2v) is 8.71. The van der Waals surface area contributed by atoms with Crippen molar-refractivity contribution in [2.45, 2.75) is 57.5 Å². The van der Waals surface area contributed by atoms with E-state index >= 15 is 0 Å². The fourth-order valence-corrected chi connectivity index (χ4v) is 3.86. The SMILES string of the molecule is CC(C)(C)OC(=O)N1CCC(c2cc(N)c(N3CCC(F)(F)C3)c(F)c2)CC1. The molecule has 1 aromatic carbocycles. The molecule has 0 saturated carbocycles. The number of ether oxygens (including phenoxy) is 1. The summed E-state index contributed by atoms with van der Waals surface area (Å²) in [5.74, 6) is -3.32. The summed E-state index contributed by atoms with van der Waals surface area (Å²) in [4.78, 5) is 15.1. The predicted octanol–water partition coefficient (Wildman–Crippen LogP) is 4.37. The van der Waals surface area contributed by atoms with E-state index in [-0.39, 0.29) is 36.4 Å². The molecule has 3 rings (SSSR count). The predicted molar refractivity (Wildman–Crippen MR) is 102 cm³/mol. The van der Waals surface area contributed by atoms with Gasteiger partial charge in [-0.05, 0) is 57.2 Å². The Morgan fingerprint density at radius 1 is 1.21 bits per heavy atom. The molecular formula is C20H28F3N3O2. The summed E-state index contributed by atoms with van der Waals surface area (Å²) in [5, 5.41) is 0. The third kappa shape index (κ3) is 4.64. The number of hydrogen-bond acceptors (Lipinski definition) is 4. The summed E-state index contributed by atoms with van der Waals surface area (Å²) >= 11 is 0. The van der Waals surface area contributed by atoms with Gasteiger partial charge in [0.05, 0.1) is 17.9 Å². The average Bonchev–Trinajstić information content (AvgIpc) is 2.92. The number of carbonyl (C=O) groups excluding carboxylic acids is 1. The van der Waals surface area contributed by atoms with Gasteiger partial charge in [0.15, 0.2) is 0 Å². The zero-order valence-electron chi connectivity index (χ0n) is 16.6. The normalized spacial score (nSPS) is 20.5. The number of hydrogen-bond donors (Lipinski definition) is 1. The van der Waals surface area contributed by atoms with Gasteiger partial charge in [0.2, 0.25) is 0 Å². The van der Waals surface area contributed by atoms with Crippen molar-refractivity contribution < 1.29 is 22.7 Å². The van der Waals surface area contributed by atoms with Crippen molar-refractivity contribution >= 4 is 17.5 Å². The topological polar surface area (TPSA) is 58.8 Å². The molecule has 0 unspecified atom stereocenters. The molecule has 0 aliphatic carbocycles. The quantitative estimate of drug-likeness (QED) is 0.751. The molecule has 0 bridgehead atoms. The third-order valence-electron chi connectivity index (χ3n) is 5.22. The van der Waals surface area contributed by atoms with Crippen molar-refractivity contribution in [2.24, 2.45) is 0 Å². The summed E-state index contributed by atoms with van der Waals surface area (Å²) < 4.78 is 47.0. The van der Waals surface area contributed by atoms with E-state index in [1.54, 1.807) is 11.0 Å². The van der Waals surface area contributed by atoms with Crippen LogP contribution in [0.4, 0.5) is 29.3 Å². The first-order valence-electron chi connectivity index (χ1n) is 9.65. The number of benzene rings is 1. The van der Waals surface area contributed by atoms with Crippen molar-refractivity contribution in [1.29, 1.82) is 0 Å². The van der Waals surface area contributed by atoms with Crippen LogP contribution in [0.3, 0.4) is 0 Å². The Morgan fingerprint density at radius 2 is 1.86 bits per heavy atom. The van der Waals surface area contributed by atoms with Crippen molar-refractivity contribution in [3.63, 3.8) is 0 Å². The van der Waals surface area contributed by atoms with Crippen LogP contribution in [0.5, 0.6) is 0 Å². The molecule has 2 aliphatic rings. The molecule has 2 saturated heterocycles. The highest BCUT2D eigenvalue weighted by Crippen LogP contribution is 2.38. The lowest BCUT2D eigenvalue weighted by molar-refractivity contribution is 0.0203. The summed E-state index contributed by atoms with van der Waals surface area (Å²) in [6.07, 6.45) is 0.692. The number of piperidine rings is 1. The molecule has 1 aromatic rings. The molecule has 0 spiro atoms. The standard InChI is InChI=1S/C20H28F3N3O2/c1-19(2,3)28-18(27)25-7-4-13(5-8-25)14-10-15(21)17(16(24)11-14)26-9-6-20(22,23)12-26/h10-11,13H,4-9,12,24H2,1-3H3. The minimum atomic E-state index is -2.81. The molecule has 0 aromatic heterocycles. The summed E-state index contributed by atoms with van der Waals surface area (Å²) in [6, 6.07) is 3.08. The molecule has 2 N–H and O–H groups in total. The van der Waals surface area contributed by atoms with Gasteiger partial charge in [0.25, 0.3) is 5.92 Å². The minimum Gasteiger partial charge on any atom is -0.444 e. The van der Waals surface area contributed by atoms with Gasteiger partial charge in [0.1, 0.15) is 11.4 Å². The van der Waals surface area contributed by atoms with Gasteiger partial charge in [-0.25, -0.2) is 18.0 Å². The molecule has 0 atom stereocenters. The zero-order valence-corrected chi connectivity index (χ0v) is 16.6. The number of rotatable bonds is 2. The highest BCUT2D eigenvalue weighted by Gasteiger charge is 2.40. The van der Waals surface area contributed by atoms with Crippen molar-refractivity contribution in [1.82, 2.24) is 4.90 Å². The van der Waals surface area contributed by atoms with E-state index in [4.69, 9.17) is 10.5 Å². The number of nitrogens with zero attached hydrogens (tertiary/aromatic N) is 2. The van der Waals surface area contributed by atoms with E-state index in [0.29, 0.717) is 25.9 Å². The number of alkyl halides is 2. The van der Waals surface area contributed by atoms with E-state index in [9.17, 15) is 18.0 Å². The van der Waals surface area contributed by atoms with E-state index in [1.165, 1.54) is 11.0 Å². The number of carbonyl (C=O) groups is 1. The van der Waals surface area contributed by atoms with Crippen LogP contribution in [-0.4, -0.2) is 48.7 Å². The molecule has 2 fully saturated rings. The number of nitrogens with two attached hydrogens (primary N) is 1. The highest BCUT2D eigenvalue weighted by atomic mass is 19.3. The lowest BCUT2D eigenvalue weighted by Gasteiger charge is -2.34. The Labute approximate surface area is 163 Å². The Morgan fingerprint density at radius 3 is 2.36 bits per heavy atom. The fourth-order valence-electron chi connectivity index (χ4n) is 3.86. The molecule has 28 heavy (non-hydrogen) atoms. The third-order valence-corrected chi connectivity index (χ3v) is 5.22. The summed E-state index contributed by atoms with van der Waals surface area (Å²) in [6.45, 7) is 6.06.